The summed E-state index contributed by atoms with van der Waals surface area (Å²) < 4.78 is 1.84. The molecule has 0 aliphatic heterocycles. The molecule has 0 amide bonds. The molecule has 3 rings (SSSR count). The predicted octanol–water partition coefficient (Wildman–Crippen LogP) is 2.68. The van der Waals surface area contributed by atoms with Crippen molar-refractivity contribution >= 4 is 11.5 Å². The lowest BCUT2D eigenvalue weighted by Gasteiger charge is -2.19. The molecule has 5 heteroatoms. The monoisotopic (exact) mass is 259 g/mol. The van der Waals surface area contributed by atoms with Crippen molar-refractivity contribution in [2.75, 3.05) is 5.43 Å². The van der Waals surface area contributed by atoms with Gasteiger partial charge in [0.15, 0.2) is 5.65 Å². The van der Waals surface area contributed by atoms with Gasteiger partial charge in [-0.3, -0.25) is 0 Å². The van der Waals surface area contributed by atoms with Crippen LogP contribution < -0.4 is 11.3 Å². The Morgan fingerprint density at radius 3 is 2.68 bits per heavy atom. The summed E-state index contributed by atoms with van der Waals surface area (Å²) in [6.45, 7) is 4.02. The van der Waals surface area contributed by atoms with Crippen LogP contribution in [0.3, 0.4) is 0 Å². The van der Waals surface area contributed by atoms with Gasteiger partial charge in [-0.2, -0.15) is 9.61 Å². The minimum absolute atomic E-state index is 0.585. The fourth-order valence-corrected chi connectivity index (χ4v) is 2.99. The third-order valence-electron chi connectivity index (χ3n) is 4.26. The van der Waals surface area contributed by atoms with Gasteiger partial charge in [-0.15, -0.1) is 0 Å². The zero-order valence-corrected chi connectivity index (χ0v) is 11.6. The van der Waals surface area contributed by atoms with Crippen LogP contribution in [0.1, 0.15) is 55.0 Å². The predicted molar refractivity (Wildman–Crippen MR) is 76.1 cm³/mol. The summed E-state index contributed by atoms with van der Waals surface area (Å²) in [5.41, 5.74) is 6.85. The lowest BCUT2D eigenvalue weighted by atomic mass is 9.87. The molecule has 0 radical (unpaired) electrons. The molecule has 102 valence electrons. The molecule has 0 atom stereocenters. The maximum absolute atomic E-state index is 5.63. The number of nitrogen functional groups attached to an aromatic ring is 1. The Hall–Kier alpha value is -1.62. The highest BCUT2D eigenvalue weighted by molar-refractivity contribution is 5.55. The molecule has 1 aliphatic rings. The van der Waals surface area contributed by atoms with Gasteiger partial charge in [0.2, 0.25) is 0 Å². The summed E-state index contributed by atoms with van der Waals surface area (Å²) >= 11 is 0. The molecule has 1 aliphatic carbocycles. The second kappa shape index (κ2) is 4.81. The first-order valence-corrected chi connectivity index (χ1v) is 7.04. The van der Waals surface area contributed by atoms with Crippen molar-refractivity contribution in [2.45, 2.75) is 51.9 Å². The molecule has 2 aromatic heterocycles. The largest absolute Gasteiger partial charge is 0.308 e. The number of hydrogen-bond donors (Lipinski definition) is 2. The highest BCUT2D eigenvalue weighted by Gasteiger charge is 2.20. The number of aryl methyl sites for hydroxylation is 1. The van der Waals surface area contributed by atoms with Crippen LogP contribution in [-0.2, 0) is 0 Å². The van der Waals surface area contributed by atoms with Gasteiger partial charge in [-0.05, 0) is 26.7 Å². The van der Waals surface area contributed by atoms with E-state index in [1.807, 2.05) is 18.4 Å². The lowest BCUT2D eigenvalue weighted by Crippen LogP contribution is -2.15. The van der Waals surface area contributed by atoms with Crippen LogP contribution in [-0.4, -0.2) is 14.6 Å². The summed E-state index contributed by atoms with van der Waals surface area (Å²) in [6, 6.07) is 2.11. The second-order valence-corrected chi connectivity index (χ2v) is 5.49. The molecule has 19 heavy (non-hydrogen) atoms. The minimum atomic E-state index is 0.585. The highest BCUT2D eigenvalue weighted by atomic mass is 15.4. The lowest BCUT2D eigenvalue weighted by molar-refractivity contribution is 0.435. The van der Waals surface area contributed by atoms with Crippen LogP contribution in [0.25, 0.3) is 5.65 Å². The molecule has 0 aromatic carbocycles. The van der Waals surface area contributed by atoms with Gasteiger partial charge in [0.1, 0.15) is 5.82 Å². The van der Waals surface area contributed by atoms with Crippen LogP contribution in [0.5, 0.6) is 0 Å². The van der Waals surface area contributed by atoms with Gasteiger partial charge in [-0.1, -0.05) is 19.3 Å². The second-order valence-electron chi connectivity index (χ2n) is 5.49. The van der Waals surface area contributed by atoms with E-state index in [1.54, 1.807) is 0 Å². The van der Waals surface area contributed by atoms with E-state index in [9.17, 15) is 0 Å². The Bertz CT molecular complexity index is 595. The Morgan fingerprint density at radius 1 is 1.26 bits per heavy atom. The number of nitrogens with zero attached hydrogens (tertiary/aromatic N) is 3. The third kappa shape index (κ3) is 2.08. The van der Waals surface area contributed by atoms with E-state index in [1.165, 1.54) is 32.1 Å². The molecule has 1 fully saturated rings. The molecule has 5 nitrogen and oxygen atoms in total. The van der Waals surface area contributed by atoms with Gasteiger partial charge >= 0.3 is 0 Å². The number of anilines is 1. The smallest absolute Gasteiger partial charge is 0.157 e. The van der Waals surface area contributed by atoms with Crippen molar-refractivity contribution < 1.29 is 0 Å². The Morgan fingerprint density at radius 2 is 2.00 bits per heavy atom. The quantitative estimate of drug-likeness (QED) is 0.642. The fraction of sp³-hybridized carbons (Fsp3) is 0.571. The van der Waals surface area contributed by atoms with Crippen LogP contribution in [0.2, 0.25) is 0 Å². The summed E-state index contributed by atoms with van der Waals surface area (Å²) in [5, 5.41) is 4.72. The van der Waals surface area contributed by atoms with Crippen molar-refractivity contribution in [1.29, 1.82) is 0 Å². The van der Waals surface area contributed by atoms with Gasteiger partial charge in [0.25, 0.3) is 0 Å². The van der Waals surface area contributed by atoms with Crippen molar-refractivity contribution in [3.63, 3.8) is 0 Å². The van der Waals surface area contributed by atoms with E-state index >= 15 is 0 Å². The first kappa shape index (κ1) is 12.4. The van der Waals surface area contributed by atoms with Crippen LogP contribution >= 0.6 is 0 Å². The van der Waals surface area contributed by atoms with Crippen molar-refractivity contribution in [3.8, 4) is 0 Å². The Kier molecular flexibility index (Phi) is 3.14. The molecule has 2 heterocycles. The van der Waals surface area contributed by atoms with Gasteiger partial charge in [-0.25, -0.2) is 10.8 Å². The number of hydrogen-bond acceptors (Lipinski definition) is 4. The number of fused-ring (bicyclic) bond motifs is 1. The number of aromatic nitrogens is 3. The van der Waals surface area contributed by atoms with Crippen LogP contribution in [0.15, 0.2) is 6.07 Å². The summed E-state index contributed by atoms with van der Waals surface area (Å²) in [5.74, 6) is 7.06. The molecule has 0 spiro atoms. The standard InChI is InChI=1S/C14H21N5/c1-9-10(2)16-13-8-12(11-6-4-3-5-7-11)18-19(13)14(9)17-15/h8,11,17H,3-7,15H2,1-2H3. The van der Waals surface area contributed by atoms with Gasteiger partial charge < -0.3 is 5.43 Å². The summed E-state index contributed by atoms with van der Waals surface area (Å²) in [7, 11) is 0. The molecule has 0 bridgehead atoms. The van der Waals surface area contributed by atoms with E-state index in [0.717, 1.165) is 28.4 Å². The molecule has 0 saturated heterocycles. The topological polar surface area (TPSA) is 68.2 Å². The first-order chi connectivity index (χ1) is 9.20. The molecule has 0 unspecified atom stereocenters. The van der Waals surface area contributed by atoms with E-state index in [2.05, 4.69) is 16.5 Å². The molecular formula is C14H21N5. The summed E-state index contributed by atoms with van der Waals surface area (Å²) in [4.78, 5) is 4.60. The van der Waals surface area contributed by atoms with E-state index in [0.29, 0.717) is 5.92 Å². The Labute approximate surface area is 113 Å². The average molecular weight is 259 g/mol. The maximum Gasteiger partial charge on any atom is 0.157 e. The molecular weight excluding hydrogens is 238 g/mol. The zero-order valence-electron chi connectivity index (χ0n) is 11.6. The van der Waals surface area contributed by atoms with E-state index in [-0.39, 0.29) is 0 Å². The number of nitrogens with two attached hydrogens (primary N) is 1. The molecule has 1 saturated carbocycles. The van der Waals surface area contributed by atoms with Crippen LogP contribution in [0.4, 0.5) is 5.82 Å². The SMILES string of the molecule is Cc1nc2cc(C3CCCCC3)nn2c(NN)c1C. The van der Waals surface area contributed by atoms with Crippen molar-refractivity contribution in [1.82, 2.24) is 14.6 Å². The molecule has 3 N–H and O–H groups in total. The maximum atomic E-state index is 5.63. The zero-order chi connectivity index (χ0) is 13.4. The first-order valence-electron chi connectivity index (χ1n) is 7.04. The molecule has 2 aromatic rings. The van der Waals surface area contributed by atoms with Gasteiger partial charge in [0.05, 0.1) is 5.69 Å². The number of rotatable bonds is 2. The van der Waals surface area contributed by atoms with Crippen molar-refractivity contribution in [3.05, 3.63) is 23.0 Å². The minimum Gasteiger partial charge on any atom is -0.308 e. The third-order valence-corrected chi connectivity index (χ3v) is 4.26. The van der Waals surface area contributed by atoms with E-state index < -0.39 is 0 Å². The fourth-order valence-electron chi connectivity index (χ4n) is 2.99. The summed E-state index contributed by atoms with van der Waals surface area (Å²) in [6.07, 6.45) is 6.47. The van der Waals surface area contributed by atoms with Gasteiger partial charge in [0, 0.05) is 23.2 Å². The van der Waals surface area contributed by atoms with Crippen molar-refractivity contribution in [2.24, 2.45) is 5.84 Å². The van der Waals surface area contributed by atoms with E-state index in [4.69, 9.17) is 10.9 Å². The normalized spacial score (nSPS) is 17.0. The van der Waals surface area contributed by atoms with Crippen LogP contribution in [0, 0.1) is 13.8 Å². The number of hydrazine groups is 1. The average Bonchev–Trinajstić information content (AvgIpc) is 2.84. The highest BCUT2D eigenvalue weighted by Crippen LogP contribution is 2.32. The number of nitrogens with one attached hydrogen (secondary N) is 1. The Balaban J connectivity index is 2.09.